The zero-order valence-electron chi connectivity index (χ0n) is 11.9. The molecule has 106 valence electrons. The van der Waals surface area contributed by atoms with Gasteiger partial charge in [-0.15, -0.1) is 0 Å². The van der Waals surface area contributed by atoms with Crippen molar-refractivity contribution >= 4 is 10.9 Å². The molecule has 5 heteroatoms. The van der Waals surface area contributed by atoms with Gasteiger partial charge in [-0.1, -0.05) is 18.2 Å². The first-order valence-corrected chi connectivity index (χ1v) is 6.69. The van der Waals surface area contributed by atoms with Crippen LogP contribution in [0.4, 0.5) is 0 Å². The summed E-state index contributed by atoms with van der Waals surface area (Å²) in [6.07, 6.45) is 3.31. The van der Waals surface area contributed by atoms with Gasteiger partial charge in [0, 0.05) is 17.6 Å². The van der Waals surface area contributed by atoms with Crippen LogP contribution in [0.5, 0.6) is 5.88 Å². The summed E-state index contributed by atoms with van der Waals surface area (Å²) in [4.78, 5) is 12.8. The molecule has 0 bridgehead atoms. The van der Waals surface area contributed by atoms with Gasteiger partial charge >= 0.3 is 0 Å². The van der Waals surface area contributed by atoms with Gasteiger partial charge in [0.05, 0.1) is 24.4 Å². The summed E-state index contributed by atoms with van der Waals surface area (Å²) >= 11 is 0. The zero-order valence-corrected chi connectivity index (χ0v) is 11.9. The number of fused-ring (bicyclic) bond motifs is 1. The van der Waals surface area contributed by atoms with Crippen LogP contribution in [-0.2, 0) is 0 Å². The van der Waals surface area contributed by atoms with Crippen molar-refractivity contribution in [3.8, 4) is 5.88 Å². The van der Waals surface area contributed by atoms with Gasteiger partial charge < -0.3 is 10.1 Å². The molecule has 0 saturated carbocycles. The molecule has 3 aromatic rings. The smallest absolute Gasteiger partial charge is 0.216 e. The van der Waals surface area contributed by atoms with E-state index in [1.165, 1.54) is 6.33 Å². The summed E-state index contributed by atoms with van der Waals surface area (Å²) in [6, 6.07) is 12.0. The van der Waals surface area contributed by atoms with E-state index in [1.807, 2.05) is 25.2 Å². The van der Waals surface area contributed by atoms with Crippen molar-refractivity contribution in [1.82, 2.24) is 20.3 Å². The van der Waals surface area contributed by atoms with Crippen LogP contribution in [0.3, 0.4) is 0 Å². The first-order valence-electron chi connectivity index (χ1n) is 6.69. The molecule has 1 N–H and O–H groups in total. The van der Waals surface area contributed by atoms with Gasteiger partial charge in [-0.05, 0) is 24.7 Å². The van der Waals surface area contributed by atoms with Crippen LogP contribution in [0.2, 0.25) is 0 Å². The Hall–Kier alpha value is -2.53. The first kappa shape index (κ1) is 13.5. The number of ether oxygens (including phenoxy) is 1. The minimum Gasteiger partial charge on any atom is -0.481 e. The molecule has 0 radical (unpaired) electrons. The molecule has 1 aromatic carbocycles. The second-order valence-corrected chi connectivity index (χ2v) is 4.66. The Bertz CT molecular complexity index is 760. The van der Waals surface area contributed by atoms with Crippen LogP contribution in [-0.4, -0.2) is 29.1 Å². The summed E-state index contributed by atoms with van der Waals surface area (Å²) in [7, 11) is 3.50. The lowest BCUT2D eigenvalue weighted by molar-refractivity contribution is 0.395. The highest BCUT2D eigenvalue weighted by atomic mass is 16.5. The highest BCUT2D eigenvalue weighted by Crippen LogP contribution is 2.24. The van der Waals surface area contributed by atoms with Crippen LogP contribution < -0.4 is 10.1 Å². The van der Waals surface area contributed by atoms with E-state index >= 15 is 0 Å². The largest absolute Gasteiger partial charge is 0.481 e. The number of methoxy groups -OCH3 is 1. The molecule has 1 unspecified atom stereocenters. The Morgan fingerprint density at radius 2 is 2.00 bits per heavy atom. The Labute approximate surface area is 123 Å². The fourth-order valence-electron chi connectivity index (χ4n) is 2.37. The van der Waals surface area contributed by atoms with Crippen molar-refractivity contribution in [3.63, 3.8) is 0 Å². The molecule has 0 saturated heterocycles. The number of hydrogen-bond acceptors (Lipinski definition) is 5. The molecule has 2 aromatic heterocycles. The molecule has 1 atom stereocenters. The molecule has 0 aliphatic rings. The van der Waals surface area contributed by atoms with E-state index in [4.69, 9.17) is 4.74 Å². The number of pyridine rings is 1. The number of hydrogen-bond donors (Lipinski definition) is 1. The van der Waals surface area contributed by atoms with Gasteiger partial charge in [0.1, 0.15) is 6.33 Å². The first-order chi connectivity index (χ1) is 10.3. The van der Waals surface area contributed by atoms with E-state index in [0.29, 0.717) is 5.88 Å². The number of rotatable bonds is 4. The molecular formula is C16H16N4O. The van der Waals surface area contributed by atoms with Gasteiger partial charge in [-0.3, -0.25) is 4.98 Å². The van der Waals surface area contributed by atoms with E-state index in [9.17, 15) is 0 Å². The van der Waals surface area contributed by atoms with E-state index in [-0.39, 0.29) is 6.04 Å². The molecule has 3 rings (SSSR count). The van der Waals surface area contributed by atoms with Gasteiger partial charge in [0.15, 0.2) is 0 Å². The third-order valence-corrected chi connectivity index (χ3v) is 3.42. The molecule has 5 nitrogen and oxygen atoms in total. The summed E-state index contributed by atoms with van der Waals surface area (Å²) in [5, 5.41) is 4.40. The molecule has 0 fully saturated rings. The molecule has 0 amide bonds. The Balaban J connectivity index is 2.04. The summed E-state index contributed by atoms with van der Waals surface area (Å²) < 4.78 is 5.16. The molecule has 21 heavy (non-hydrogen) atoms. The fraction of sp³-hybridized carbons (Fsp3) is 0.188. The van der Waals surface area contributed by atoms with Crippen LogP contribution >= 0.6 is 0 Å². The van der Waals surface area contributed by atoms with Crippen molar-refractivity contribution in [3.05, 3.63) is 60.2 Å². The van der Waals surface area contributed by atoms with E-state index < -0.39 is 0 Å². The lowest BCUT2D eigenvalue weighted by atomic mass is 10.0. The summed E-state index contributed by atoms with van der Waals surface area (Å²) in [6.45, 7) is 0. The van der Waals surface area contributed by atoms with Crippen molar-refractivity contribution in [2.24, 2.45) is 0 Å². The number of aromatic nitrogens is 3. The number of benzene rings is 1. The maximum absolute atomic E-state index is 5.16. The molecular weight excluding hydrogens is 264 g/mol. The van der Waals surface area contributed by atoms with Crippen LogP contribution in [0.1, 0.15) is 17.3 Å². The zero-order chi connectivity index (χ0) is 14.7. The van der Waals surface area contributed by atoms with Crippen molar-refractivity contribution in [2.45, 2.75) is 6.04 Å². The molecule has 0 aliphatic heterocycles. The van der Waals surface area contributed by atoms with Crippen molar-refractivity contribution in [2.75, 3.05) is 14.2 Å². The van der Waals surface area contributed by atoms with Gasteiger partial charge in [0.25, 0.3) is 0 Å². The van der Waals surface area contributed by atoms with Gasteiger partial charge in [-0.25, -0.2) is 9.97 Å². The highest BCUT2D eigenvalue weighted by molar-refractivity contribution is 5.79. The second kappa shape index (κ2) is 5.85. The lowest BCUT2D eigenvalue weighted by Gasteiger charge is -2.16. The minimum atomic E-state index is -0.0340. The SMILES string of the molecule is CNC(c1ccc2cccnc2c1)c1cc(OC)ncn1. The molecule has 2 heterocycles. The second-order valence-electron chi connectivity index (χ2n) is 4.66. The predicted molar refractivity (Wildman–Crippen MR) is 81.2 cm³/mol. The summed E-state index contributed by atoms with van der Waals surface area (Å²) in [5.74, 6) is 0.555. The van der Waals surface area contributed by atoms with Gasteiger partial charge in [0.2, 0.25) is 5.88 Å². The Morgan fingerprint density at radius 3 is 2.81 bits per heavy atom. The maximum Gasteiger partial charge on any atom is 0.216 e. The highest BCUT2D eigenvalue weighted by Gasteiger charge is 2.15. The van der Waals surface area contributed by atoms with E-state index in [1.54, 1.807) is 13.3 Å². The van der Waals surface area contributed by atoms with Crippen LogP contribution in [0, 0.1) is 0 Å². The van der Waals surface area contributed by atoms with Crippen LogP contribution in [0.15, 0.2) is 48.9 Å². The van der Waals surface area contributed by atoms with Crippen LogP contribution in [0.25, 0.3) is 10.9 Å². The van der Waals surface area contributed by atoms with Gasteiger partial charge in [-0.2, -0.15) is 0 Å². The van der Waals surface area contributed by atoms with E-state index in [0.717, 1.165) is 22.2 Å². The fourth-order valence-corrected chi connectivity index (χ4v) is 2.37. The normalized spacial score (nSPS) is 12.3. The predicted octanol–water partition coefficient (Wildman–Crippen LogP) is 2.34. The summed E-state index contributed by atoms with van der Waals surface area (Å²) in [5.41, 5.74) is 2.93. The Morgan fingerprint density at radius 1 is 1.10 bits per heavy atom. The van der Waals surface area contributed by atoms with Crippen molar-refractivity contribution < 1.29 is 4.74 Å². The molecule has 0 spiro atoms. The third kappa shape index (κ3) is 2.68. The standard InChI is InChI=1S/C16H16N4O/c1-17-16(14-9-15(21-2)20-10-19-14)12-6-5-11-4-3-7-18-13(11)8-12/h3-10,16-17H,1-2H3. The number of nitrogens with one attached hydrogen (secondary N) is 1. The lowest BCUT2D eigenvalue weighted by Crippen LogP contribution is -2.19. The van der Waals surface area contributed by atoms with E-state index in [2.05, 4.69) is 38.5 Å². The number of nitrogens with zero attached hydrogens (tertiary/aromatic N) is 3. The molecule has 0 aliphatic carbocycles. The quantitative estimate of drug-likeness (QED) is 0.795. The minimum absolute atomic E-state index is 0.0340. The average molecular weight is 280 g/mol. The third-order valence-electron chi connectivity index (χ3n) is 3.42. The maximum atomic E-state index is 5.16. The monoisotopic (exact) mass is 280 g/mol. The average Bonchev–Trinajstić information content (AvgIpc) is 2.56. The van der Waals surface area contributed by atoms with Crippen molar-refractivity contribution in [1.29, 1.82) is 0 Å². The Kier molecular flexibility index (Phi) is 3.75. The topological polar surface area (TPSA) is 59.9 Å².